The number of alkyl halides is 3. The van der Waals surface area contributed by atoms with Gasteiger partial charge in [0.05, 0.1) is 42.8 Å². The molecule has 0 bridgehead atoms. The number of hydrogen-bond acceptors (Lipinski definition) is 20. The number of amides is 5. The number of aryl methyl sites for hydroxylation is 2. The Kier molecular flexibility index (Phi) is 20.0. The van der Waals surface area contributed by atoms with Crippen LogP contribution in [0.3, 0.4) is 0 Å². The predicted octanol–water partition coefficient (Wildman–Crippen LogP) is 5.92. The Morgan fingerprint density at radius 2 is 1.36 bits per heavy atom. The van der Waals surface area contributed by atoms with Crippen molar-refractivity contribution in [3.63, 3.8) is 0 Å². The third-order valence-electron chi connectivity index (χ3n) is 8.80. The predicted molar refractivity (Wildman–Crippen MR) is 257 cm³/mol. The van der Waals surface area contributed by atoms with Gasteiger partial charge >= 0.3 is 24.2 Å². The number of anilines is 3. The van der Waals surface area contributed by atoms with E-state index in [-0.39, 0.29) is 68.8 Å². The van der Waals surface area contributed by atoms with Crippen molar-refractivity contribution < 1.29 is 68.3 Å². The molecule has 0 saturated heterocycles. The third kappa shape index (κ3) is 17.0. The van der Waals surface area contributed by atoms with Crippen LogP contribution in [0.5, 0.6) is 29.3 Å². The molecule has 32 heteroatoms. The molecule has 0 atom stereocenters. The maximum absolute atomic E-state index is 12.5. The average Bonchev–Trinajstić information content (AvgIpc) is 3.34. The molecule has 0 radical (unpaired) electrons. The minimum Gasteiger partial charge on any atom is -0.481 e. The van der Waals surface area contributed by atoms with Crippen LogP contribution in [-0.4, -0.2) is 116 Å². The van der Waals surface area contributed by atoms with Crippen molar-refractivity contribution in [2.75, 3.05) is 51.8 Å². The van der Waals surface area contributed by atoms with Crippen LogP contribution in [0, 0.1) is 17.0 Å². The van der Waals surface area contributed by atoms with Gasteiger partial charge in [0.15, 0.2) is 5.03 Å². The molecule has 6 aromatic rings. The molecule has 3 heterocycles. The first-order valence-electron chi connectivity index (χ1n) is 20.4. The fourth-order valence-corrected chi connectivity index (χ4v) is 7.96. The third-order valence-corrected chi connectivity index (χ3v) is 11.9. The summed E-state index contributed by atoms with van der Waals surface area (Å²) >= 11 is 5.94. The van der Waals surface area contributed by atoms with Gasteiger partial charge in [-0.25, -0.2) is 32.4 Å². The lowest BCUT2D eigenvalue weighted by Crippen LogP contribution is -2.36. The Bertz CT molecular complexity index is 3200. The van der Waals surface area contributed by atoms with Crippen molar-refractivity contribution in [2.24, 2.45) is 0 Å². The second-order valence-electron chi connectivity index (χ2n) is 14.3. The number of para-hydroxylation sites is 1. The van der Waals surface area contributed by atoms with Gasteiger partial charge in [0.1, 0.15) is 28.0 Å². The minimum atomic E-state index is -4.46. The van der Waals surface area contributed by atoms with Gasteiger partial charge in [-0.1, -0.05) is 48.0 Å². The van der Waals surface area contributed by atoms with Crippen LogP contribution < -0.4 is 44.8 Å². The number of carbonyl (C=O) groups is 3. The van der Waals surface area contributed by atoms with Crippen molar-refractivity contribution in [1.82, 2.24) is 44.2 Å². The number of aromatic nitrogens is 6. The first-order chi connectivity index (χ1) is 34.8. The molecular weight excluding hydrogens is 1050 g/mol. The molecule has 6 rings (SSSR count). The zero-order valence-electron chi connectivity index (χ0n) is 39.4. The van der Waals surface area contributed by atoms with Crippen LogP contribution >= 0.6 is 11.6 Å². The van der Waals surface area contributed by atoms with E-state index in [0.717, 1.165) is 6.07 Å². The Hall–Kier alpha value is -8.71. The number of nitro groups is 1. The number of sulfonamides is 2. The zero-order chi connectivity index (χ0) is 55.0. The molecule has 0 unspecified atom stereocenters. The zero-order valence-corrected chi connectivity index (χ0v) is 41.8. The number of hydrogen-bond donors (Lipinski definition) is 5. The van der Waals surface area contributed by atoms with Gasteiger partial charge in [-0.3, -0.25) is 25.5 Å². The van der Waals surface area contributed by atoms with Gasteiger partial charge in [-0.05, 0) is 55.3 Å². The van der Waals surface area contributed by atoms with Crippen LogP contribution in [0.15, 0.2) is 101 Å². The number of pyridine rings is 1. The average molecular weight is 1090 g/mol. The maximum atomic E-state index is 12.5. The number of rotatable bonds is 15. The van der Waals surface area contributed by atoms with Gasteiger partial charge in [0.2, 0.25) is 23.7 Å². The van der Waals surface area contributed by atoms with E-state index in [4.69, 9.17) is 36.3 Å². The molecule has 26 nitrogen and oxygen atoms in total. The number of nitro benzene ring substituents is 1. The monoisotopic (exact) mass is 1090 g/mol. The molecule has 0 aliphatic rings. The lowest BCUT2D eigenvalue weighted by molar-refractivity contribution is -0.383. The van der Waals surface area contributed by atoms with E-state index in [1.165, 1.54) is 102 Å². The SMILES string of the molecule is COc1cc(OC)nc(NC(=O)NS(=O)(=O)c2ncccc2C(=O)N(C)C)n1.COc1nc(C)nc(NC(=O)NS(=O)(=O)c2ccccc2CCC(F)(F)F)n1.Nc1c([N+](=O)[O-])ccc(Oc2ccccc2)c1Cl. The van der Waals surface area contributed by atoms with Gasteiger partial charge in [0, 0.05) is 32.8 Å². The van der Waals surface area contributed by atoms with Crippen LogP contribution in [0.2, 0.25) is 5.02 Å². The van der Waals surface area contributed by atoms with E-state index in [9.17, 15) is 54.5 Å². The molecule has 0 aliphatic carbocycles. The lowest BCUT2D eigenvalue weighted by Gasteiger charge is -2.14. The molecule has 0 aliphatic heterocycles. The first-order valence-corrected chi connectivity index (χ1v) is 23.8. The number of ether oxygens (including phenoxy) is 4. The van der Waals surface area contributed by atoms with Crippen LogP contribution in [0.1, 0.15) is 28.2 Å². The second kappa shape index (κ2) is 25.6. The van der Waals surface area contributed by atoms with Crippen molar-refractivity contribution in [3.8, 4) is 29.3 Å². The van der Waals surface area contributed by atoms with Crippen molar-refractivity contribution >= 4 is 72.9 Å². The number of methoxy groups -OCH3 is 3. The Morgan fingerprint density at radius 3 is 1.93 bits per heavy atom. The largest absolute Gasteiger partial charge is 0.481 e. The quantitative estimate of drug-likeness (QED) is 0.0452. The van der Waals surface area contributed by atoms with Gasteiger partial charge in [0.25, 0.3) is 31.6 Å². The minimum absolute atomic E-state index is 0.0352. The van der Waals surface area contributed by atoms with Crippen molar-refractivity contribution in [1.29, 1.82) is 0 Å². The highest BCUT2D eigenvalue weighted by Gasteiger charge is 2.30. The second-order valence-corrected chi connectivity index (χ2v) is 18.0. The van der Waals surface area contributed by atoms with Crippen LogP contribution in [0.25, 0.3) is 0 Å². The highest BCUT2D eigenvalue weighted by Crippen LogP contribution is 2.39. The van der Waals surface area contributed by atoms with E-state index in [2.05, 4.69) is 40.5 Å². The topological polar surface area (TPSA) is 354 Å². The van der Waals surface area contributed by atoms with Gasteiger partial charge < -0.3 is 29.6 Å². The highest BCUT2D eigenvalue weighted by molar-refractivity contribution is 7.90. The normalized spacial score (nSPS) is 10.9. The lowest BCUT2D eigenvalue weighted by atomic mass is 10.1. The van der Waals surface area contributed by atoms with E-state index in [1.54, 1.807) is 33.7 Å². The van der Waals surface area contributed by atoms with Crippen molar-refractivity contribution in [2.45, 2.75) is 35.9 Å². The summed E-state index contributed by atoms with van der Waals surface area (Å²) in [4.78, 5) is 69.9. The fourth-order valence-electron chi connectivity index (χ4n) is 5.55. The first kappa shape index (κ1) is 57.9. The number of carbonyl (C=O) groups excluding carboxylic acids is 3. The van der Waals surface area contributed by atoms with E-state index in [0.29, 0.717) is 5.75 Å². The van der Waals surface area contributed by atoms with E-state index < -0.39 is 71.9 Å². The van der Waals surface area contributed by atoms with Crippen molar-refractivity contribution in [3.05, 3.63) is 123 Å². The number of nitrogens with zero attached hydrogens (tertiary/aromatic N) is 8. The number of nitrogens with two attached hydrogens (primary N) is 1. The maximum Gasteiger partial charge on any atom is 0.389 e. The number of nitrogens with one attached hydrogen (secondary N) is 4. The Morgan fingerprint density at radius 1 is 0.784 bits per heavy atom. The molecule has 5 amide bonds. The van der Waals surface area contributed by atoms with E-state index in [1.807, 2.05) is 6.07 Å². The molecule has 6 N–H and O–H groups in total. The number of urea groups is 2. The fraction of sp³-hybridized carbons (Fsp3) is 0.214. The molecule has 0 fully saturated rings. The summed E-state index contributed by atoms with van der Waals surface area (Å²) in [6, 6.07) is 18.3. The molecule has 0 saturated carbocycles. The summed E-state index contributed by atoms with van der Waals surface area (Å²) in [5.74, 6) is 0.148. The summed E-state index contributed by atoms with van der Waals surface area (Å²) in [5, 5.41) is 14.4. The molecule has 74 heavy (non-hydrogen) atoms. The van der Waals surface area contributed by atoms with Crippen LogP contribution in [-0.2, 0) is 26.5 Å². The smallest absolute Gasteiger partial charge is 0.389 e. The van der Waals surface area contributed by atoms with Crippen LogP contribution in [0.4, 0.5) is 46.0 Å². The molecule has 394 valence electrons. The molecule has 3 aromatic carbocycles. The van der Waals surface area contributed by atoms with Gasteiger partial charge in [-0.2, -0.15) is 46.5 Å². The van der Waals surface area contributed by atoms with Gasteiger partial charge in [-0.15, -0.1) is 0 Å². The standard InChI is InChI=1S/C15H16F3N5O4S.C15H18N6O6S.C12H9ClN2O3/c1-9-19-12(22-14(20-9)27-2)21-13(24)23-28(25,26)11-6-4-3-5-10(11)7-8-15(16,17)18;1-21(2)13(22)9-6-5-7-16-12(9)28(24,25)20-15(23)19-14-17-10(26-3)8-11(18-14)27-4;13-11-10(18-8-4-2-1-3-5-8)7-6-9(12(11)14)15(16)17/h3-6H,7-8H2,1-2H3,(H2,19,20,21,22,23,24);5-8H,1-4H3,(H2,17,18,19,20,23);1-7H,14H2. The van der Waals surface area contributed by atoms with E-state index >= 15 is 0 Å². The number of benzene rings is 3. The molecule has 3 aromatic heterocycles. The molecular formula is C42H43ClF3N13O13S2. The Labute approximate surface area is 424 Å². The molecule has 0 spiro atoms. The summed E-state index contributed by atoms with van der Waals surface area (Å²) in [6.07, 6.45) is -5.01. The summed E-state index contributed by atoms with van der Waals surface area (Å²) in [7, 11) is -1.99. The number of halogens is 4. The summed E-state index contributed by atoms with van der Waals surface area (Å²) in [5.41, 5.74) is 4.99. The summed E-state index contributed by atoms with van der Waals surface area (Å²) < 4.78 is 111. The summed E-state index contributed by atoms with van der Waals surface area (Å²) in [6.45, 7) is 1.50. The number of nitrogen functional groups attached to an aromatic ring is 1. The Balaban J connectivity index is 0.000000246. The highest BCUT2D eigenvalue weighted by atomic mass is 35.5.